The summed E-state index contributed by atoms with van der Waals surface area (Å²) in [7, 11) is 0. The Morgan fingerprint density at radius 3 is 2.56 bits per heavy atom. The van der Waals surface area contributed by atoms with E-state index in [4.69, 9.17) is 11.6 Å². The number of amides is 1. The van der Waals surface area contributed by atoms with E-state index in [1.807, 2.05) is 6.92 Å². The second-order valence-corrected chi connectivity index (χ2v) is 4.41. The molecule has 0 radical (unpaired) electrons. The van der Waals surface area contributed by atoms with E-state index in [0.717, 1.165) is 5.71 Å². The van der Waals surface area contributed by atoms with Crippen LogP contribution in [0.4, 0.5) is 0 Å². The van der Waals surface area contributed by atoms with Crippen LogP contribution >= 0.6 is 11.6 Å². The molecule has 1 N–H and O–H groups in total. The topological polar surface area (TPSA) is 41.5 Å². The number of nitrogens with one attached hydrogen (secondary N) is 1. The number of hydrazone groups is 1. The first kappa shape index (κ1) is 11.1. The van der Waals surface area contributed by atoms with Crippen molar-refractivity contribution in [2.75, 3.05) is 0 Å². The Balaban J connectivity index is 1.97. The van der Waals surface area contributed by atoms with Crippen LogP contribution in [0.25, 0.3) is 0 Å². The average molecular weight is 237 g/mol. The van der Waals surface area contributed by atoms with E-state index >= 15 is 0 Å². The number of benzene rings is 1. The zero-order valence-electron chi connectivity index (χ0n) is 9.03. The Bertz CT molecular complexity index is 421. The van der Waals surface area contributed by atoms with Gasteiger partial charge in [0.05, 0.1) is 0 Å². The molecule has 0 bridgehead atoms. The number of carbonyl (C=O) groups is 1. The van der Waals surface area contributed by atoms with E-state index in [9.17, 15) is 4.79 Å². The van der Waals surface area contributed by atoms with Crippen molar-refractivity contribution < 1.29 is 4.79 Å². The molecule has 1 aromatic carbocycles. The Morgan fingerprint density at radius 2 is 2.00 bits per heavy atom. The molecule has 1 amide bonds. The highest BCUT2D eigenvalue weighted by Crippen LogP contribution is 2.30. The molecule has 1 aliphatic carbocycles. The molecule has 2 rings (SSSR count). The van der Waals surface area contributed by atoms with Crippen molar-refractivity contribution >= 4 is 23.2 Å². The SMILES string of the molecule is C/C(=N/NC(=O)c1ccc(Cl)cc1)C1CC1. The highest BCUT2D eigenvalue weighted by atomic mass is 35.5. The molecule has 0 aromatic heterocycles. The maximum absolute atomic E-state index is 11.6. The predicted octanol–water partition coefficient (Wildman–Crippen LogP) is 2.86. The minimum atomic E-state index is -0.198. The maximum atomic E-state index is 11.6. The van der Waals surface area contributed by atoms with Gasteiger partial charge in [-0.1, -0.05) is 11.6 Å². The minimum absolute atomic E-state index is 0.198. The normalized spacial score (nSPS) is 16.0. The van der Waals surface area contributed by atoms with Crippen LogP contribution in [0.15, 0.2) is 29.4 Å². The fourth-order valence-corrected chi connectivity index (χ4v) is 1.52. The Kier molecular flexibility index (Phi) is 3.25. The van der Waals surface area contributed by atoms with Gasteiger partial charge in [0, 0.05) is 16.3 Å². The summed E-state index contributed by atoms with van der Waals surface area (Å²) < 4.78 is 0. The van der Waals surface area contributed by atoms with Gasteiger partial charge >= 0.3 is 0 Å². The molecular weight excluding hydrogens is 224 g/mol. The summed E-state index contributed by atoms with van der Waals surface area (Å²) in [6.45, 7) is 1.94. The number of hydrogen-bond acceptors (Lipinski definition) is 2. The van der Waals surface area contributed by atoms with Gasteiger partial charge < -0.3 is 0 Å². The first-order valence-electron chi connectivity index (χ1n) is 5.27. The molecule has 16 heavy (non-hydrogen) atoms. The molecule has 0 spiro atoms. The quantitative estimate of drug-likeness (QED) is 0.636. The molecular formula is C12H13ClN2O. The molecule has 0 heterocycles. The van der Waals surface area contributed by atoms with Crippen LogP contribution in [0.2, 0.25) is 5.02 Å². The molecule has 1 aromatic rings. The van der Waals surface area contributed by atoms with Gasteiger partial charge in [-0.25, -0.2) is 5.43 Å². The van der Waals surface area contributed by atoms with Crippen molar-refractivity contribution in [2.24, 2.45) is 11.0 Å². The van der Waals surface area contributed by atoms with E-state index < -0.39 is 0 Å². The van der Waals surface area contributed by atoms with Crippen molar-refractivity contribution in [2.45, 2.75) is 19.8 Å². The Hall–Kier alpha value is -1.35. The van der Waals surface area contributed by atoms with Crippen LogP contribution in [-0.2, 0) is 0 Å². The summed E-state index contributed by atoms with van der Waals surface area (Å²) in [4.78, 5) is 11.6. The summed E-state index contributed by atoms with van der Waals surface area (Å²) in [5.74, 6) is 0.377. The van der Waals surface area contributed by atoms with Crippen molar-refractivity contribution in [1.82, 2.24) is 5.43 Å². The predicted molar refractivity (Wildman–Crippen MR) is 64.8 cm³/mol. The largest absolute Gasteiger partial charge is 0.271 e. The van der Waals surface area contributed by atoms with E-state index in [1.54, 1.807) is 24.3 Å². The molecule has 0 unspecified atom stereocenters. The first-order valence-corrected chi connectivity index (χ1v) is 5.64. The van der Waals surface area contributed by atoms with Crippen molar-refractivity contribution in [1.29, 1.82) is 0 Å². The molecule has 1 fully saturated rings. The second kappa shape index (κ2) is 4.66. The number of nitrogens with zero attached hydrogens (tertiary/aromatic N) is 1. The highest BCUT2D eigenvalue weighted by molar-refractivity contribution is 6.30. The lowest BCUT2D eigenvalue weighted by atomic mass is 10.2. The third-order valence-corrected chi connectivity index (χ3v) is 2.86. The number of rotatable bonds is 3. The van der Waals surface area contributed by atoms with Crippen molar-refractivity contribution in [3.8, 4) is 0 Å². The molecule has 0 atom stereocenters. The summed E-state index contributed by atoms with van der Waals surface area (Å²) in [5, 5.41) is 4.69. The average Bonchev–Trinajstić information content (AvgIpc) is 3.10. The van der Waals surface area contributed by atoms with Crippen LogP contribution in [0.3, 0.4) is 0 Å². The molecule has 1 saturated carbocycles. The highest BCUT2D eigenvalue weighted by Gasteiger charge is 2.24. The first-order chi connectivity index (χ1) is 7.66. The van der Waals surface area contributed by atoms with Gasteiger partial charge in [-0.15, -0.1) is 0 Å². The van der Waals surface area contributed by atoms with Gasteiger partial charge in [0.2, 0.25) is 0 Å². The summed E-state index contributed by atoms with van der Waals surface area (Å²) in [5.41, 5.74) is 4.11. The van der Waals surface area contributed by atoms with Gasteiger partial charge in [-0.05, 0) is 49.9 Å². The summed E-state index contributed by atoms with van der Waals surface area (Å²) in [6, 6.07) is 6.74. The summed E-state index contributed by atoms with van der Waals surface area (Å²) >= 11 is 5.73. The van der Waals surface area contributed by atoms with Crippen LogP contribution < -0.4 is 5.43 Å². The lowest BCUT2D eigenvalue weighted by molar-refractivity contribution is 0.0954. The van der Waals surface area contributed by atoms with E-state index in [2.05, 4.69) is 10.5 Å². The third kappa shape index (κ3) is 2.83. The fraction of sp³-hybridized carbons (Fsp3) is 0.333. The zero-order chi connectivity index (χ0) is 11.5. The molecule has 0 saturated heterocycles. The number of halogens is 1. The van der Waals surface area contributed by atoms with E-state index in [1.165, 1.54) is 12.8 Å². The number of hydrogen-bond donors (Lipinski definition) is 1. The van der Waals surface area contributed by atoms with E-state index in [-0.39, 0.29) is 5.91 Å². The molecule has 84 valence electrons. The van der Waals surface area contributed by atoms with Crippen molar-refractivity contribution in [3.05, 3.63) is 34.9 Å². The van der Waals surface area contributed by atoms with Crippen molar-refractivity contribution in [3.63, 3.8) is 0 Å². The van der Waals surface area contributed by atoms with E-state index in [0.29, 0.717) is 16.5 Å². The Labute approximate surface area is 99.5 Å². The van der Waals surface area contributed by atoms with Crippen LogP contribution in [0.1, 0.15) is 30.1 Å². The molecule has 0 aliphatic heterocycles. The molecule has 1 aliphatic rings. The lowest BCUT2D eigenvalue weighted by Gasteiger charge is -2.01. The summed E-state index contributed by atoms with van der Waals surface area (Å²) in [6.07, 6.45) is 2.37. The smallest absolute Gasteiger partial charge is 0.267 e. The van der Waals surface area contributed by atoms with Gasteiger partial charge in [-0.3, -0.25) is 4.79 Å². The van der Waals surface area contributed by atoms with Crippen LogP contribution in [-0.4, -0.2) is 11.6 Å². The standard InChI is InChI=1S/C12H13ClN2O/c1-8(9-2-3-9)14-15-12(16)10-4-6-11(13)7-5-10/h4-7,9H,2-3H2,1H3,(H,15,16)/b14-8-. The molecule has 4 heteroatoms. The van der Waals surface area contributed by atoms with Crippen LogP contribution in [0, 0.1) is 5.92 Å². The third-order valence-electron chi connectivity index (χ3n) is 2.61. The molecule has 3 nitrogen and oxygen atoms in total. The monoisotopic (exact) mass is 236 g/mol. The number of carbonyl (C=O) groups excluding carboxylic acids is 1. The van der Waals surface area contributed by atoms with Gasteiger partial charge in [0.1, 0.15) is 0 Å². The van der Waals surface area contributed by atoms with Crippen LogP contribution in [0.5, 0.6) is 0 Å². The second-order valence-electron chi connectivity index (χ2n) is 3.98. The van der Waals surface area contributed by atoms with Gasteiger partial charge in [0.15, 0.2) is 0 Å². The Morgan fingerprint density at radius 1 is 1.38 bits per heavy atom. The zero-order valence-corrected chi connectivity index (χ0v) is 9.79. The minimum Gasteiger partial charge on any atom is -0.267 e. The van der Waals surface area contributed by atoms with Gasteiger partial charge in [-0.2, -0.15) is 5.10 Å². The maximum Gasteiger partial charge on any atom is 0.271 e. The lowest BCUT2D eigenvalue weighted by Crippen LogP contribution is -2.19. The van der Waals surface area contributed by atoms with Gasteiger partial charge in [0.25, 0.3) is 5.91 Å². The fourth-order valence-electron chi connectivity index (χ4n) is 1.40.